The van der Waals surface area contributed by atoms with E-state index in [0.29, 0.717) is 13.2 Å². The van der Waals surface area contributed by atoms with Gasteiger partial charge in [0.15, 0.2) is 11.5 Å². The summed E-state index contributed by atoms with van der Waals surface area (Å²) in [5.41, 5.74) is 9.67. The van der Waals surface area contributed by atoms with Crippen LogP contribution in [0.4, 0.5) is 5.69 Å². The largest absolute Gasteiger partial charge is 0.486 e. The van der Waals surface area contributed by atoms with Crippen molar-refractivity contribution in [3.63, 3.8) is 0 Å². The number of hydrogen-bond donors (Lipinski definition) is 1. The summed E-state index contributed by atoms with van der Waals surface area (Å²) in [6.45, 7) is 1.18. The summed E-state index contributed by atoms with van der Waals surface area (Å²) in [5, 5.41) is 0. The molecule has 0 unspecified atom stereocenters. The number of aryl methyl sites for hydroxylation is 1. The minimum absolute atomic E-state index is 0.587. The highest BCUT2D eigenvalue weighted by Gasteiger charge is 2.16. The number of aromatic nitrogens is 2. The van der Waals surface area contributed by atoms with E-state index in [1.807, 2.05) is 43.4 Å². The van der Waals surface area contributed by atoms with Gasteiger partial charge < -0.3 is 19.8 Å². The van der Waals surface area contributed by atoms with Crippen molar-refractivity contribution in [3.8, 4) is 11.5 Å². The molecule has 5 heteroatoms. The molecule has 5 nitrogen and oxygen atoms in total. The molecular weight excluding hydrogens is 278 g/mol. The van der Waals surface area contributed by atoms with Crippen molar-refractivity contribution in [3.05, 3.63) is 47.8 Å². The van der Waals surface area contributed by atoms with Crippen LogP contribution in [0.15, 0.2) is 36.4 Å². The number of imidazole rings is 1. The van der Waals surface area contributed by atoms with Gasteiger partial charge in [-0.1, -0.05) is 12.1 Å². The monoisotopic (exact) mass is 295 g/mol. The Bertz CT molecular complexity index is 837. The smallest absolute Gasteiger partial charge is 0.163 e. The maximum atomic E-state index is 5.73. The van der Waals surface area contributed by atoms with Gasteiger partial charge in [-0.05, 0) is 17.7 Å². The van der Waals surface area contributed by atoms with Gasteiger partial charge in [-0.3, -0.25) is 0 Å². The Hall–Kier alpha value is -2.69. The first kappa shape index (κ1) is 13.0. The molecule has 2 aromatic carbocycles. The second-order valence-corrected chi connectivity index (χ2v) is 5.49. The molecule has 0 fully saturated rings. The van der Waals surface area contributed by atoms with Gasteiger partial charge >= 0.3 is 0 Å². The average Bonchev–Trinajstić information content (AvgIpc) is 2.83. The molecule has 0 radical (unpaired) electrons. The predicted octanol–water partition coefficient (Wildman–Crippen LogP) is 2.52. The molecule has 2 heterocycles. The van der Waals surface area contributed by atoms with E-state index in [1.54, 1.807) is 0 Å². The van der Waals surface area contributed by atoms with Crippen LogP contribution in [0.2, 0.25) is 0 Å². The molecule has 0 bridgehead atoms. The second kappa shape index (κ2) is 4.94. The van der Waals surface area contributed by atoms with Crippen LogP contribution < -0.4 is 15.2 Å². The maximum absolute atomic E-state index is 5.73. The van der Waals surface area contributed by atoms with E-state index >= 15 is 0 Å². The van der Waals surface area contributed by atoms with Crippen molar-refractivity contribution < 1.29 is 9.47 Å². The fourth-order valence-electron chi connectivity index (χ4n) is 2.75. The van der Waals surface area contributed by atoms with Crippen LogP contribution >= 0.6 is 0 Å². The van der Waals surface area contributed by atoms with Crippen molar-refractivity contribution in [1.82, 2.24) is 9.55 Å². The molecule has 0 saturated heterocycles. The number of benzene rings is 2. The molecule has 1 aliphatic heterocycles. The highest BCUT2D eigenvalue weighted by Crippen LogP contribution is 2.34. The number of anilines is 1. The van der Waals surface area contributed by atoms with Crippen LogP contribution in [0.1, 0.15) is 11.4 Å². The van der Waals surface area contributed by atoms with Gasteiger partial charge in [0.2, 0.25) is 0 Å². The van der Waals surface area contributed by atoms with Gasteiger partial charge in [-0.2, -0.15) is 0 Å². The standard InChI is InChI=1S/C17H17N3O2/c1-20-14-10-16-15(21-6-7-22-16)9-13(14)19-17(20)8-11-2-4-12(18)5-3-11/h2-5,9-10H,6-8,18H2,1H3. The van der Waals surface area contributed by atoms with Gasteiger partial charge in [-0.25, -0.2) is 4.98 Å². The molecule has 3 aromatic rings. The summed E-state index contributed by atoms with van der Waals surface area (Å²) >= 11 is 0. The lowest BCUT2D eigenvalue weighted by molar-refractivity contribution is 0.172. The van der Waals surface area contributed by atoms with Gasteiger partial charge in [0.05, 0.1) is 11.0 Å². The Kier molecular flexibility index (Phi) is 2.92. The molecule has 0 amide bonds. The minimum atomic E-state index is 0.587. The van der Waals surface area contributed by atoms with Crippen molar-refractivity contribution in [1.29, 1.82) is 0 Å². The quantitative estimate of drug-likeness (QED) is 0.738. The Labute approximate surface area is 128 Å². The molecule has 4 rings (SSSR count). The van der Waals surface area contributed by atoms with Crippen molar-refractivity contribution >= 4 is 16.7 Å². The summed E-state index contributed by atoms with van der Waals surface area (Å²) in [6.07, 6.45) is 0.762. The predicted molar refractivity (Wildman–Crippen MR) is 85.4 cm³/mol. The molecule has 0 atom stereocenters. The first-order chi connectivity index (χ1) is 10.7. The third-order valence-electron chi connectivity index (χ3n) is 3.98. The van der Waals surface area contributed by atoms with E-state index in [0.717, 1.165) is 40.5 Å². The van der Waals surface area contributed by atoms with E-state index in [4.69, 9.17) is 20.2 Å². The summed E-state index contributed by atoms with van der Waals surface area (Å²) in [5.74, 6) is 2.57. The zero-order valence-electron chi connectivity index (χ0n) is 12.4. The van der Waals surface area contributed by atoms with Gasteiger partial charge in [0.1, 0.15) is 19.0 Å². The average molecular weight is 295 g/mol. The first-order valence-electron chi connectivity index (χ1n) is 7.30. The number of ether oxygens (including phenoxy) is 2. The van der Waals surface area contributed by atoms with Crippen molar-refractivity contribution in [2.45, 2.75) is 6.42 Å². The summed E-state index contributed by atoms with van der Waals surface area (Å²) in [4.78, 5) is 4.73. The molecule has 112 valence electrons. The van der Waals surface area contributed by atoms with E-state index in [2.05, 4.69) is 4.57 Å². The molecule has 1 aromatic heterocycles. The van der Waals surface area contributed by atoms with Gasteiger partial charge in [-0.15, -0.1) is 0 Å². The number of fused-ring (bicyclic) bond motifs is 2. The van der Waals surface area contributed by atoms with Crippen LogP contribution in [0.5, 0.6) is 11.5 Å². The van der Waals surface area contributed by atoms with Crippen LogP contribution in [0.3, 0.4) is 0 Å². The number of hydrogen-bond acceptors (Lipinski definition) is 4. The van der Waals surface area contributed by atoms with Crippen LogP contribution in [0, 0.1) is 0 Å². The van der Waals surface area contributed by atoms with E-state index in [1.165, 1.54) is 5.56 Å². The molecule has 0 aliphatic carbocycles. The summed E-state index contributed by atoms with van der Waals surface area (Å²) in [6, 6.07) is 11.9. The van der Waals surface area contributed by atoms with Crippen molar-refractivity contribution in [2.24, 2.45) is 7.05 Å². The Morgan fingerprint density at radius 2 is 1.77 bits per heavy atom. The lowest BCUT2D eigenvalue weighted by Crippen LogP contribution is -2.15. The first-order valence-corrected chi connectivity index (χ1v) is 7.30. The lowest BCUT2D eigenvalue weighted by Gasteiger charge is -2.18. The number of nitrogens with two attached hydrogens (primary N) is 1. The zero-order chi connectivity index (χ0) is 15.1. The van der Waals surface area contributed by atoms with E-state index < -0.39 is 0 Å². The van der Waals surface area contributed by atoms with Gasteiger partial charge in [0, 0.05) is 31.3 Å². The minimum Gasteiger partial charge on any atom is -0.486 e. The molecule has 1 aliphatic rings. The third kappa shape index (κ3) is 2.15. The third-order valence-corrected chi connectivity index (χ3v) is 3.98. The fraction of sp³-hybridized carbons (Fsp3) is 0.235. The fourth-order valence-corrected chi connectivity index (χ4v) is 2.75. The Morgan fingerprint density at radius 3 is 2.50 bits per heavy atom. The molecular formula is C17H17N3O2. The maximum Gasteiger partial charge on any atom is 0.163 e. The second-order valence-electron chi connectivity index (χ2n) is 5.49. The van der Waals surface area contributed by atoms with E-state index in [-0.39, 0.29) is 0 Å². The SMILES string of the molecule is Cn1c(Cc2ccc(N)cc2)nc2cc3c(cc21)OCCO3. The lowest BCUT2D eigenvalue weighted by atomic mass is 10.1. The van der Waals surface area contributed by atoms with E-state index in [9.17, 15) is 0 Å². The van der Waals surface area contributed by atoms with Crippen LogP contribution in [0.25, 0.3) is 11.0 Å². The van der Waals surface area contributed by atoms with Crippen molar-refractivity contribution in [2.75, 3.05) is 18.9 Å². The number of nitrogens with zero attached hydrogens (tertiary/aromatic N) is 2. The zero-order valence-corrected chi connectivity index (χ0v) is 12.4. The summed E-state index contributed by atoms with van der Waals surface area (Å²) in [7, 11) is 2.03. The number of rotatable bonds is 2. The highest BCUT2D eigenvalue weighted by molar-refractivity contribution is 5.80. The molecule has 22 heavy (non-hydrogen) atoms. The summed E-state index contributed by atoms with van der Waals surface area (Å²) < 4.78 is 13.4. The molecule has 0 spiro atoms. The van der Waals surface area contributed by atoms with Crippen LogP contribution in [-0.2, 0) is 13.5 Å². The molecule has 0 saturated carbocycles. The van der Waals surface area contributed by atoms with Gasteiger partial charge in [0.25, 0.3) is 0 Å². The highest BCUT2D eigenvalue weighted by atomic mass is 16.6. The normalized spacial score (nSPS) is 13.5. The Balaban J connectivity index is 1.75. The number of nitrogen functional groups attached to an aromatic ring is 1. The Morgan fingerprint density at radius 1 is 1.09 bits per heavy atom. The van der Waals surface area contributed by atoms with Crippen LogP contribution in [-0.4, -0.2) is 22.8 Å². The molecule has 2 N–H and O–H groups in total. The topological polar surface area (TPSA) is 62.3 Å².